The van der Waals surface area contributed by atoms with Crippen LogP contribution in [-0.4, -0.2) is 47.3 Å². The second kappa shape index (κ2) is 9.07. The third-order valence-electron chi connectivity index (χ3n) is 6.75. The molecule has 7 heteroatoms. The highest BCUT2D eigenvalue weighted by Gasteiger charge is 2.51. The van der Waals surface area contributed by atoms with Crippen LogP contribution in [0.25, 0.3) is 0 Å². The minimum absolute atomic E-state index is 0.0783. The summed E-state index contributed by atoms with van der Waals surface area (Å²) in [5, 5.41) is 0. The largest absolute Gasteiger partial charge is 0.450 e. The molecule has 0 saturated carbocycles. The quantitative estimate of drug-likeness (QED) is 0.393. The molecule has 0 bridgehead atoms. The minimum Gasteiger partial charge on any atom is -0.450 e. The van der Waals surface area contributed by atoms with Gasteiger partial charge >= 0.3 is 5.97 Å². The highest BCUT2D eigenvalue weighted by Crippen LogP contribution is 2.37. The highest BCUT2D eigenvalue weighted by molar-refractivity contribution is 6.22. The molecule has 0 N–H and O–H groups in total. The molecule has 5 rings (SSSR count). The Balaban J connectivity index is 1.45. The lowest BCUT2D eigenvalue weighted by molar-refractivity contribution is -0.162. The number of nitrogens with zero attached hydrogens (tertiary/aromatic N) is 2. The lowest BCUT2D eigenvalue weighted by Gasteiger charge is -2.29. The summed E-state index contributed by atoms with van der Waals surface area (Å²) in [6.07, 6.45) is -0.979. The number of fused-ring (bicyclic) bond motifs is 1. The number of imide groups is 1. The highest BCUT2D eigenvalue weighted by atomic mass is 16.6. The fourth-order valence-corrected chi connectivity index (χ4v) is 4.88. The molecule has 2 unspecified atom stereocenters. The average molecular weight is 483 g/mol. The van der Waals surface area contributed by atoms with Crippen molar-refractivity contribution >= 4 is 29.4 Å². The Morgan fingerprint density at radius 3 is 1.97 bits per heavy atom. The van der Waals surface area contributed by atoms with Crippen molar-refractivity contribution in [2.24, 2.45) is 5.41 Å². The SMILES string of the molecule is CC1(C)CN(c2ccccc2)C(=O)C1OC(=O)C(Cc1ccccc1)N1C(=O)c2ccccc2C1=O. The molecule has 1 fully saturated rings. The Morgan fingerprint density at radius 1 is 0.861 bits per heavy atom. The van der Waals surface area contributed by atoms with Gasteiger partial charge in [-0.25, -0.2) is 4.79 Å². The normalized spacial score (nSPS) is 19.4. The first-order chi connectivity index (χ1) is 17.3. The number of amides is 3. The summed E-state index contributed by atoms with van der Waals surface area (Å²) in [6.45, 7) is 4.09. The average Bonchev–Trinajstić information content (AvgIpc) is 3.27. The predicted octanol–water partition coefficient (Wildman–Crippen LogP) is 3.88. The van der Waals surface area contributed by atoms with E-state index in [-0.39, 0.29) is 23.5 Å². The molecule has 36 heavy (non-hydrogen) atoms. The zero-order chi connectivity index (χ0) is 25.4. The van der Waals surface area contributed by atoms with E-state index >= 15 is 0 Å². The van der Waals surface area contributed by atoms with E-state index in [0.717, 1.165) is 16.2 Å². The van der Waals surface area contributed by atoms with Crippen molar-refractivity contribution in [3.05, 3.63) is 102 Å². The van der Waals surface area contributed by atoms with Crippen molar-refractivity contribution in [3.8, 4) is 0 Å². The lowest BCUT2D eigenvalue weighted by Crippen LogP contribution is -2.49. The molecule has 3 aromatic rings. The molecule has 182 valence electrons. The van der Waals surface area contributed by atoms with Gasteiger partial charge in [0.1, 0.15) is 6.04 Å². The third-order valence-corrected chi connectivity index (χ3v) is 6.75. The Hall–Kier alpha value is -4.26. The van der Waals surface area contributed by atoms with Crippen LogP contribution in [0.2, 0.25) is 0 Å². The maximum Gasteiger partial charge on any atom is 0.330 e. The molecule has 7 nitrogen and oxygen atoms in total. The Kier molecular flexibility index (Phi) is 5.92. The van der Waals surface area contributed by atoms with Crippen LogP contribution in [0.15, 0.2) is 84.9 Å². The van der Waals surface area contributed by atoms with E-state index in [4.69, 9.17) is 4.74 Å². The molecule has 0 aliphatic carbocycles. The predicted molar refractivity (Wildman–Crippen MR) is 133 cm³/mol. The van der Waals surface area contributed by atoms with Gasteiger partial charge in [0.2, 0.25) is 0 Å². The van der Waals surface area contributed by atoms with Gasteiger partial charge in [0.25, 0.3) is 17.7 Å². The number of anilines is 1. The molecule has 2 aliphatic rings. The topological polar surface area (TPSA) is 84.0 Å². The van der Waals surface area contributed by atoms with Crippen molar-refractivity contribution in [2.75, 3.05) is 11.4 Å². The van der Waals surface area contributed by atoms with Gasteiger partial charge in [-0.15, -0.1) is 0 Å². The summed E-state index contributed by atoms with van der Waals surface area (Å²) in [7, 11) is 0. The van der Waals surface area contributed by atoms with Crippen LogP contribution in [0.4, 0.5) is 5.69 Å². The van der Waals surface area contributed by atoms with Gasteiger partial charge in [-0.05, 0) is 29.8 Å². The van der Waals surface area contributed by atoms with E-state index in [1.54, 1.807) is 29.2 Å². The van der Waals surface area contributed by atoms with Gasteiger partial charge in [-0.2, -0.15) is 0 Å². The summed E-state index contributed by atoms with van der Waals surface area (Å²) in [6, 6.07) is 23.6. The number of rotatable bonds is 6. The molecule has 2 aliphatic heterocycles. The molecule has 2 heterocycles. The summed E-state index contributed by atoms with van der Waals surface area (Å²) in [5.74, 6) is -2.21. The fraction of sp³-hybridized carbons (Fsp3) is 0.241. The number of benzene rings is 3. The van der Waals surface area contributed by atoms with Crippen LogP contribution < -0.4 is 4.90 Å². The monoisotopic (exact) mass is 482 g/mol. The van der Waals surface area contributed by atoms with Crippen LogP contribution in [0.3, 0.4) is 0 Å². The molecule has 3 aromatic carbocycles. The number of carbonyl (C=O) groups excluding carboxylic acids is 4. The first kappa shape index (κ1) is 23.5. The van der Waals surface area contributed by atoms with Crippen molar-refractivity contribution in [3.63, 3.8) is 0 Å². The smallest absolute Gasteiger partial charge is 0.330 e. The van der Waals surface area contributed by atoms with Gasteiger partial charge in [-0.3, -0.25) is 19.3 Å². The fourth-order valence-electron chi connectivity index (χ4n) is 4.88. The van der Waals surface area contributed by atoms with Crippen LogP contribution >= 0.6 is 0 Å². The molecular weight excluding hydrogens is 456 g/mol. The van der Waals surface area contributed by atoms with Gasteiger partial charge in [0.15, 0.2) is 6.10 Å². The van der Waals surface area contributed by atoms with Crippen LogP contribution in [0, 0.1) is 5.41 Å². The van der Waals surface area contributed by atoms with Crippen LogP contribution in [0.5, 0.6) is 0 Å². The van der Waals surface area contributed by atoms with Crippen molar-refractivity contribution in [1.82, 2.24) is 4.90 Å². The molecule has 0 radical (unpaired) electrons. The summed E-state index contributed by atoms with van der Waals surface area (Å²) < 4.78 is 5.86. The van der Waals surface area contributed by atoms with Crippen LogP contribution in [-0.2, 0) is 20.7 Å². The molecule has 0 aromatic heterocycles. The number of hydrogen-bond acceptors (Lipinski definition) is 5. The third kappa shape index (κ3) is 4.06. The molecule has 2 atom stereocenters. The maximum absolute atomic E-state index is 13.7. The van der Waals surface area contributed by atoms with Crippen LogP contribution in [0.1, 0.15) is 40.1 Å². The second-order valence-electron chi connectivity index (χ2n) is 9.80. The first-order valence-electron chi connectivity index (χ1n) is 11.9. The number of hydrogen-bond donors (Lipinski definition) is 0. The van der Waals surface area contributed by atoms with Gasteiger partial charge in [0.05, 0.1) is 11.1 Å². The van der Waals surface area contributed by atoms with Gasteiger partial charge < -0.3 is 9.64 Å². The molecule has 1 saturated heterocycles. The van der Waals surface area contributed by atoms with Gasteiger partial charge in [-0.1, -0.05) is 74.5 Å². The Labute approximate surface area is 209 Å². The Morgan fingerprint density at radius 2 is 1.39 bits per heavy atom. The molecular formula is C29H26N2O5. The standard InChI is InChI=1S/C29H26N2O5/c1-29(2)18-30(20-13-7-4-8-14-20)27(34)24(29)36-28(35)23(17-19-11-5-3-6-12-19)31-25(32)21-15-9-10-16-22(21)26(31)33/h3-16,23-24H,17-18H2,1-2H3. The maximum atomic E-state index is 13.7. The molecule has 0 spiro atoms. The number of esters is 1. The van der Waals surface area contributed by atoms with E-state index in [2.05, 4.69) is 0 Å². The summed E-state index contributed by atoms with van der Waals surface area (Å²) in [5.41, 5.74) is 1.30. The van der Waals surface area contributed by atoms with Crippen molar-refractivity contribution in [2.45, 2.75) is 32.4 Å². The van der Waals surface area contributed by atoms with Gasteiger partial charge in [0, 0.05) is 24.1 Å². The number of ether oxygens (including phenoxy) is 1. The lowest BCUT2D eigenvalue weighted by atomic mass is 9.89. The second-order valence-corrected chi connectivity index (χ2v) is 9.80. The summed E-state index contributed by atoms with van der Waals surface area (Å²) in [4.78, 5) is 56.1. The van der Waals surface area contributed by atoms with Crippen molar-refractivity contribution in [1.29, 1.82) is 0 Å². The number of carbonyl (C=O) groups is 4. The Bertz CT molecular complexity index is 1300. The molecule has 3 amide bonds. The van der Waals surface area contributed by atoms with E-state index in [1.165, 1.54) is 0 Å². The van der Waals surface area contributed by atoms with Crippen molar-refractivity contribution < 1.29 is 23.9 Å². The zero-order valence-electron chi connectivity index (χ0n) is 20.1. The zero-order valence-corrected chi connectivity index (χ0v) is 20.1. The van der Waals surface area contributed by atoms with E-state index in [1.807, 2.05) is 74.5 Å². The summed E-state index contributed by atoms with van der Waals surface area (Å²) >= 11 is 0. The number of para-hydroxylation sites is 1. The van der Waals surface area contributed by atoms with E-state index < -0.39 is 35.3 Å². The minimum atomic E-state index is -1.21. The van der Waals surface area contributed by atoms with E-state index in [9.17, 15) is 19.2 Å². The van der Waals surface area contributed by atoms with E-state index in [0.29, 0.717) is 6.54 Å². The first-order valence-corrected chi connectivity index (χ1v) is 11.9.